The van der Waals surface area contributed by atoms with E-state index in [1.807, 2.05) is 0 Å². The summed E-state index contributed by atoms with van der Waals surface area (Å²) in [5.41, 5.74) is 0.288. The van der Waals surface area contributed by atoms with Crippen molar-refractivity contribution < 1.29 is 27.2 Å². The molecular weight excluding hydrogens is 432 g/mol. The van der Waals surface area contributed by atoms with E-state index in [1.54, 1.807) is 6.07 Å². The molecule has 1 aliphatic rings. The Bertz CT molecular complexity index is 1290. The molecule has 32 heavy (non-hydrogen) atoms. The smallest absolute Gasteiger partial charge is 0.396 e. The van der Waals surface area contributed by atoms with E-state index < -0.39 is 35.5 Å². The molecule has 0 bridgehead atoms. The second kappa shape index (κ2) is 8.11. The highest BCUT2D eigenvalue weighted by molar-refractivity contribution is 5.68. The number of nitrogens with zero attached hydrogens (tertiary/aromatic N) is 4. The van der Waals surface area contributed by atoms with Crippen molar-refractivity contribution in [1.29, 1.82) is 5.26 Å². The fourth-order valence-corrected chi connectivity index (χ4v) is 3.75. The largest absolute Gasteiger partial charge is 0.505 e. The van der Waals surface area contributed by atoms with E-state index in [1.165, 1.54) is 6.07 Å². The minimum Gasteiger partial charge on any atom is -0.505 e. The Morgan fingerprint density at radius 2 is 1.97 bits per heavy atom. The monoisotopic (exact) mass is 448 g/mol. The van der Waals surface area contributed by atoms with Crippen LogP contribution in [0.5, 0.6) is 5.75 Å². The van der Waals surface area contributed by atoms with Crippen LogP contribution in [0.15, 0.2) is 27.5 Å². The zero-order valence-electron chi connectivity index (χ0n) is 16.5. The summed E-state index contributed by atoms with van der Waals surface area (Å²) in [6.07, 6.45) is -3.53. The van der Waals surface area contributed by atoms with Gasteiger partial charge < -0.3 is 9.63 Å². The van der Waals surface area contributed by atoms with Gasteiger partial charge in [-0.05, 0) is 37.8 Å². The number of aryl methyl sites for hydroxylation is 1. The van der Waals surface area contributed by atoms with E-state index in [4.69, 9.17) is 4.52 Å². The molecule has 3 aromatic rings. The summed E-state index contributed by atoms with van der Waals surface area (Å²) < 4.78 is 59.0. The number of hydrogen-bond donors (Lipinski definition) is 1. The SMILES string of the molecule is N#Cc1cc(F)c(O)cc1-c1cc(Cn2c(CC(F)(F)F)nc3c(c2=O)CCCC3)no1. The summed E-state index contributed by atoms with van der Waals surface area (Å²) in [6, 6.07) is 4.90. The highest BCUT2D eigenvalue weighted by Crippen LogP contribution is 2.30. The molecule has 7 nitrogen and oxygen atoms in total. The van der Waals surface area contributed by atoms with Gasteiger partial charge in [0.15, 0.2) is 17.3 Å². The number of aromatic nitrogens is 3. The lowest BCUT2D eigenvalue weighted by Gasteiger charge is -2.20. The average Bonchev–Trinajstić information content (AvgIpc) is 3.20. The van der Waals surface area contributed by atoms with Crippen LogP contribution >= 0.6 is 0 Å². The lowest BCUT2D eigenvalue weighted by molar-refractivity contribution is -0.129. The van der Waals surface area contributed by atoms with Crippen molar-refractivity contribution in [2.75, 3.05) is 0 Å². The van der Waals surface area contributed by atoms with Gasteiger partial charge in [-0.3, -0.25) is 9.36 Å². The van der Waals surface area contributed by atoms with Gasteiger partial charge in [0.25, 0.3) is 5.56 Å². The van der Waals surface area contributed by atoms with E-state index >= 15 is 0 Å². The van der Waals surface area contributed by atoms with Crippen LogP contribution in [0.2, 0.25) is 0 Å². The van der Waals surface area contributed by atoms with Crippen molar-refractivity contribution in [1.82, 2.24) is 14.7 Å². The first-order valence-corrected chi connectivity index (χ1v) is 9.73. The number of phenols is 1. The molecule has 1 aliphatic carbocycles. The molecule has 0 amide bonds. The van der Waals surface area contributed by atoms with Crippen LogP contribution in [0.25, 0.3) is 11.3 Å². The molecule has 4 rings (SSSR count). The van der Waals surface area contributed by atoms with E-state index in [-0.39, 0.29) is 29.1 Å². The standard InChI is InChI=1S/C21H16F4N4O3/c22-15-5-11(9-26)14(7-17(15)30)18-6-12(28-32-18)10-29-19(8-21(23,24)25)27-16-4-2-1-3-13(16)20(29)31/h5-7,30H,1-4,8,10H2. The lowest BCUT2D eigenvalue weighted by atomic mass is 9.97. The van der Waals surface area contributed by atoms with Crippen LogP contribution in [-0.2, 0) is 25.8 Å². The second-order valence-electron chi connectivity index (χ2n) is 7.49. The van der Waals surface area contributed by atoms with Gasteiger partial charge in [-0.15, -0.1) is 0 Å². The van der Waals surface area contributed by atoms with Crippen molar-refractivity contribution in [2.45, 2.75) is 44.8 Å². The molecule has 0 aliphatic heterocycles. The predicted molar refractivity (Wildman–Crippen MR) is 102 cm³/mol. The zero-order chi connectivity index (χ0) is 23.0. The van der Waals surface area contributed by atoms with Crippen molar-refractivity contribution in [3.63, 3.8) is 0 Å². The third-order valence-electron chi connectivity index (χ3n) is 5.23. The molecule has 11 heteroatoms. The van der Waals surface area contributed by atoms with Crippen LogP contribution in [0.3, 0.4) is 0 Å². The molecule has 2 heterocycles. The van der Waals surface area contributed by atoms with Crippen LogP contribution in [-0.4, -0.2) is 26.0 Å². The number of fused-ring (bicyclic) bond motifs is 1. The number of hydrogen-bond acceptors (Lipinski definition) is 6. The van der Waals surface area contributed by atoms with Crippen LogP contribution in [0, 0.1) is 17.1 Å². The molecule has 2 aromatic heterocycles. The Labute approximate surface area is 178 Å². The van der Waals surface area contributed by atoms with Gasteiger partial charge in [0, 0.05) is 17.2 Å². The first kappa shape index (κ1) is 21.5. The minimum atomic E-state index is -4.56. The Kier molecular flexibility index (Phi) is 5.46. The third kappa shape index (κ3) is 4.21. The van der Waals surface area contributed by atoms with Gasteiger partial charge in [0.1, 0.15) is 24.0 Å². The number of benzene rings is 1. The Balaban J connectivity index is 1.75. The van der Waals surface area contributed by atoms with Gasteiger partial charge in [-0.25, -0.2) is 9.37 Å². The van der Waals surface area contributed by atoms with E-state index in [0.717, 1.165) is 29.5 Å². The maximum Gasteiger partial charge on any atom is 0.396 e. The molecule has 0 saturated carbocycles. The summed E-state index contributed by atoms with van der Waals surface area (Å²) in [5.74, 6) is -2.12. The van der Waals surface area contributed by atoms with Gasteiger partial charge >= 0.3 is 6.18 Å². The fourth-order valence-electron chi connectivity index (χ4n) is 3.75. The number of halogens is 4. The maximum absolute atomic E-state index is 13.5. The molecule has 0 spiro atoms. The molecular formula is C21H16F4N4O3. The first-order valence-electron chi connectivity index (χ1n) is 9.73. The zero-order valence-corrected chi connectivity index (χ0v) is 16.5. The summed E-state index contributed by atoms with van der Waals surface area (Å²) in [7, 11) is 0. The molecule has 166 valence electrons. The number of phenolic OH excluding ortho intramolecular Hbond substituents is 1. The molecule has 0 saturated heterocycles. The third-order valence-corrected chi connectivity index (χ3v) is 5.23. The van der Waals surface area contributed by atoms with Crippen molar-refractivity contribution in [2.24, 2.45) is 0 Å². The molecule has 0 radical (unpaired) electrons. The lowest BCUT2D eigenvalue weighted by Crippen LogP contribution is -2.34. The van der Waals surface area contributed by atoms with Crippen LogP contribution in [0.1, 0.15) is 41.2 Å². The molecule has 1 N–H and O–H groups in total. The van der Waals surface area contributed by atoms with E-state index in [9.17, 15) is 32.7 Å². The van der Waals surface area contributed by atoms with Gasteiger partial charge in [0.2, 0.25) is 0 Å². The van der Waals surface area contributed by atoms with Crippen LogP contribution in [0.4, 0.5) is 17.6 Å². The Morgan fingerprint density at radius 1 is 1.22 bits per heavy atom. The number of alkyl halides is 3. The molecule has 1 aromatic carbocycles. The highest BCUT2D eigenvalue weighted by Gasteiger charge is 2.32. The second-order valence-corrected chi connectivity index (χ2v) is 7.49. The van der Waals surface area contributed by atoms with Gasteiger partial charge in [0.05, 0.1) is 17.8 Å². The fraction of sp³-hybridized carbons (Fsp3) is 0.333. The van der Waals surface area contributed by atoms with Gasteiger partial charge in [-0.1, -0.05) is 5.16 Å². The summed E-state index contributed by atoms with van der Waals surface area (Å²) in [5, 5.41) is 22.6. The van der Waals surface area contributed by atoms with Gasteiger partial charge in [-0.2, -0.15) is 18.4 Å². The Hall–Kier alpha value is -3.68. The van der Waals surface area contributed by atoms with Crippen molar-refractivity contribution in [3.8, 4) is 23.1 Å². The summed E-state index contributed by atoms with van der Waals surface area (Å²) >= 11 is 0. The van der Waals surface area contributed by atoms with Crippen molar-refractivity contribution >= 4 is 0 Å². The number of nitriles is 1. The number of aromatic hydroxyl groups is 1. The number of rotatable bonds is 4. The average molecular weight is 448 g/mol. The maximum atomic E-state index is 13.5. The predicted octanol–water partition coefficient (Wildman–Crippen LogP) is 3.65. The molecule has 0 atom stereocenters. The quantitative estimate of drug-likeness (QED) is 0.611. The summed E-state index contributed by atoms with van der Waals surface area (Å²) in [4.78, 5) is 17.1. The minimum absolute atomic E-state index is 0.0109. The molecule has 0 fully saturated rings. The highest BCUT2D eigenvalue weighted by atomic mass is 19.4. The van der Waals surface area contributed by atoms with E-state index in [0.29, 0.717) is 24.1 Å². The Morgan fingerprint density at radius 3 is 2.69 bits per heavy atom. The first-order chi connectivity index (χ1) is 15.2. The normalized spacial score (nSPS) is 13.6. The van der Waals surface area contributed by atoms with E-state index in [2.05, 4.69) is 10.1 Å². The topological polar surface area (TPSA) is 105 Å². The molecule has 0 unspecified atom stereocenters. The summed E-state index contributed by atoms with van der Waals surface area (Å²) in [6.45, 7) is -0.330. The van der Waals surface area contributed by atoms with Crippen molar-refractivity contribution in [3.05, 3.63) is 62.7 Å². The van der Waals surface area contributed by atoms with Crippen LogP contribution < -0.4 is 5.56 Å².